The normalized spacial score (nSPS) is 49.0. The molecule has 0 N–H and O–H groups in total. The highest BCUT2D eigenvalue weighted by molar-refractivity contribution is 5.94. The number of fused-ring (bicyclic) bond motifs is 2. The van der Waals surface area contributed by atoms with Crippen LogP contribution in [0.3, 0.4) is 0 Å². The number of carbonyl (C=O) groups is 2. The average molecular weight is 459 g/mol. The van der Waals surface area contributed by atoms with Crippen LogP contribution < -0.4 is 0 Å². The molecule has 5 rings (SSSR count). The number of Topliss-reactive ketones (excluding diaryl/α,β-unsaturated/α-hetero) is 1. The van der Waals surface area contributed by atoms with Crippen LogP contribution >= 0.6 is 0 Å². The van der Waals surface area contributed by atoms with Crippen molar-refractivity contribution in [3.05, 3.63) is 0 Å². The van der Waals surface area contributed by atoms with E-state index in [0.29, 0.717) is 35.9 Å². The first-order chi connectivity index (χ1) is 15.5. The summed E-state index contributed by atoms with van der Waals surface area (Å²) in [5.74, 6) is 2.97. The number of esters is 1. The largest absolute Gasteiger partial charge is 0.463 e. The Bertz CT molecular complexity index is 820. The van der Waals surface area contributed by atoms with Crippen LogP contribution in [-0.4, -0.2) is 29.1 Å². The molecule has 4 aliphatic carbocycles. The summed E-state index contributed by atoms with van der Waals surface area (Å²) in [5.41, 5.74) is -0.478. The van der Waals surface area contributed by atoms with Gasteiger partial charge < -0.3 is 9.47 Å². The van der Waals surface area contributed by atoms with E-state index in [1.165, 1.54) is 39.0 Å². The number of hydrogen-bond donors (Lipinski definition) is 0. The lowest BCUT2D eigenvalue weighted by molar-refractivity contribution is -0.160. The molecule has 5 fully saturated rings. The third-order valence-corrected chi connectivity index (χ3v) is 11.5. The SMILES string of the molecule is CC(=O)OC1CCC2(C)C(CC(=O)C34OC35CCC(C(C)CCCC(C)C)C5(C)CCC24)C1. The topological polar surface area (TPSA) is 55.9 Å². The molecule has 1 aliphatic heterocycles. The summed E-state index contributed by atoms with van der Waals surface area (Å²) in [6.07, 6.45) is 11.9. The van der Waals surface area contributed by atoms with Crippen molar-refractivity contribution in [2.45, 2.75) is 129 Å². The Morgan fingerprint density at radius 3 is 2.55 bits per heavy atom. The second-order valence-electron chi connectivity index (χ2n) is 13.5. The molecule has 0 amide bonds. The molecular formula is C29H46O4. The number of rotatable bonds is 6. The van der Waals surface area contributed by atoms with Crippen LogP contribution in [0.25, 0.3) is 0 Å². The molecule has 33 heavy (non-hydrogen) atoms. The van der Waals surface area contributed by atoms with Crippen molar-refractivity contribution in [2.24, 2.45) is 40.4 Å². The maximum absolute atomic E-state index is 13.9. The molecule has 9 unspecified atom stereocenters. The van der Waals surface area contributed by atoms with Gasteiger partial charge in [0, 0.05) is 24.7 Å². The second-order valence-corrected chi connectivity index (χ2v) is 13.5. The van der Waals surface area contributed by atoms with Crippen LogP contribution in [0.5, 0.6) is 0 Å². The van der Waals surface area contributed by atoms with E-state index in [9.17, 15) is 9.59 Å². The van der Waals surface area contributed by atoms with Crippen molar-refractivity contribution < 1.29 is 19.1 Å². The van der Waals surface area contributed by atoms with Crippen LogP contribution in [0.2, 0.25) is 0 Å². The van der Waals surface area contributed by atoms with E-state index in [1.807, 2.05) is 0 Å². The van der Waals surface area contributed by atoms with Crippen molar-refractivity contribution in [2.75, 3.05) is 0 Å². The number of carbonyl (C=O) groups excluding carboxylic acids is 2. The molecule has 0 aromatic heterocycles. The fourth-order valence-corrected chi connectivity index (χ4v) is 9.78. The monoisotopic (exact) mass is 458 g/mol. The summed E-state index contributed by atoms with van der Waals surface area (Å²) in [6, 6.07) is 0. The summed E-state index contributed by atoms with van der Waals surface area (Å²) in [7, 11) is 0. The van der Waals surface area contributed by atoms with Crippen LogP contribution in [0.15, 0.2) is 0 Å². The summed E-state index contributed by atoms with van der Waals surface area (Å²) >= 11 is 0. The highest BCUT2D eigenvalue weighted by Crippen LogP contribution is 2.80. The van der Waals surface area contributed by atoms with E-state index >= 15 is 0 Å². The van der Waals surface area contributed by atoms with E-state index in [4.69, 9.17) is 9.47 Å². The second kappa shape index (κ2) is 7.80. The highest BCUT2D eigenvalue weighted by Gasteiger charge is 2.89. The number of ether oxygens (including phenoxy) is 2. The van der Waals surface area contributed by atoms with Gasteiger partial charge in [0.15, 0.2) is 11.4 Å². The van der Waals surface area contributed by atoms with Crippen LogP contribution in [-0.2, 0) is 19.1 Å². The number of hydrogen-bond acceptors (Lipinski definition) is 4. The Labute approximate surface area is 200 Å². The zero-order chi connectivity index (χ0) is 23.8. The van der Waals surface area contributed by atoms with Gasteiger partial charge in [-0.25, -0.2) is 0 Å². The molecule has 5 aliphatic rings. The van der Waals surface area contributed by atoms with E-state index in [2.05, 4.69) is 34.6 Å². The molecule has 2 spiro atoms. The molecule has 1 saturated heterocycles. The number of ketones is 1. The van der Waals surface area contributed by atoms with Gasteiger partial charge in [-0.15, -0.1) is 0 Å². The van der Waals surface area contributed by atoms with E-state index in [0.717, 1.165) is 38.0 Å². The van der Waals surface area contributed by atoms with Crippen LogP contribution in [0.1, 0.15) is 112 Å². The first-order valence-corrected chi connectivity index (χ1v) is 13.9. The van der Waals surface area contributed by atoms with E-state index in [-0.39, 0.29) is 28.5 Å². The molecule has 4 heteroatoms. The third kappa shape index (κ3) is 3.17. The predicted molar refractivity (Wildman–Crippen MR) is 129 cm³/mol. The van der Waals surface area contributed by atoms with E-state index in [1.54, 1.807) is 0 Å². The Balaban J connectivity index is 1.37. The number of epoxide rings is 1. The lowest BCUT2D eigenvalue weighted by Gasteiger charge is -2.57. The molecule has 0 aromatic rings. The quantitative estimate of drug-likeness (QED) is 0.337. The maximum atomic E-state index is 13.9. The molecule has 0 aromatic carbocycles. The molecule has 1 heterocycles. The predicted octanol–water partition coefficient (Wildman–Crippen LogP) is 6.49. The zero-order valence-corrected chi connectivity index (χ0v) is 21.9. The summed E-state index contributed by atoms with van der Waals surface area (Å²) in [6.45, 7) is 13.5. The van der Waals surface area contributed by atoms with Gasteiger partial charge in [-0.05, 0) is 74.0 Å². The first kappa shape index (κ1) is 23.8. The molecular weight excluding hydrogens is 412 g/mol. The van der Waals surface area contributed by atoms with Gasteiger partial charge in [-0.2, -0.15) is 0 Å². The van der Waals surface area contributed by atoms with E-state index < -0.39 is 5.60 Å². The summed E-state index contributed by atoms with van der Waals surface area (Å²) < 4.78 is 12.5. The Morgan fingerprint density at radius 1 is 1.09 bits per heavy atom. The lowest BCUT2D eigenvalue weighted by atomic mass is 9.44. The van der Waals surface area contributed by atoms with Crippen molar-refractivity contribution in [1.82, 2.24) is 0 Å². The van der Waals surface area contributed by atoms with Gasteiger partial charge in [-0.1, -0.05) is 53.9 Å². The molecule has 9 atom stereocenters. The Morgan fingerprint density at radius 2 is 1.85 bits per heavy atom. The maximum Gasteiger partial charge on any atom is 0.302 e. The van der Waals surface area contributed by atoms with Gasteiger partial charge >= 0.3 is 5.97 Å². The fraction of sp³-hybridized carbons (Fsp3) is 0.931. The van der Waals surface area contributed by atoms with Crippen molar-refractivity contribution >= 4 is 11.8 Å². The average Bonchev–Trinajstić information content (AvgIpc) is 3.32. The lowest BCUT2D eigenvalue weighted by Crippen LogP contribution is -2.62. The Hall–Kier alpha value is -0.900. The van der Waals surface area contributed by atoms with Gasteiger partial charge in [0.2, 0.25) is 0 Å². The molecule has 4 saturated carbocycles. The first-order valence-electron chi connectivity index (χ1n) is 13.9. The van der Waals surface area contributed by atoms with Crippen molar-refractivity contribution in [1.29, 1.82) is 0 Å². The van der Waals surface area contributed by atoms with Crippen molar-refractivity contribution in [3.63, 3.8) is 0 Å². The fourth-order valence-electron chi connectivity index (χ4n) is 9.78. The Kier molecular flexibility index (Phi) is 5.63. The molecule has 0 radical (unpaired) electrons. The standard InChI is InChI=1S/C29H46O4/c1-18(2)8-7-9-19(3)23-11-15-28-27(23,6)14-12-24-26(5)13-10-22(32-20(4)30)16-21(26)17-25(31)29(24,28)33-28/h18-19,21-24H,7-17H2,1-6H3. The summed E-state index contributed by atoms with van der Waals surface area (Å²) in [5, 5.41) is 0. The van der Waals surface area contributed by atoms with Gasteiger partial charge in [0.1, 0.15) is 11.7 Å². The minimum absolute atomic E-state index is 0.0205. The van der Waals surface area contributed by atoms with Crippen LogP contribution in [0.4, 0.5) is 0 Å². The van der Waals surface area contributed by atoms with Gasteiger partial charge in [0.25, 0.3) is 0 Å². The smallest absolute Gasteiger partial charge is 0.302 e. The third-order valence-electron chi connectivity index (χ3n) is 11.5. The highest BCUT2D eigenvalue weighted by atomic mass is 16.6. The van der Waals surface area contributed by atoms with Crippen LogP contribution in [0, 0.1) is 40.4 Å². The minimum Gasteiger partial charge on any atom is -0.463 e. The van der Waals surface area contributed by atoms with Crippen molar-refractivity contribution in [3.8, 4) is 0 Å². The minimum atomic E-state index is -0.522. The summed E-state index contributed by atoms with van der Waals surface area (Å²) in [4.78, 5) is 25.4. The van der Waals surface area contributed by atoms with Gasteiger partial charge in [0.05, 0.1) is 0 Å². The molecule has 4 nitrogen and oxygen atoms in total. The molecule has 186 valence electrons. The zero-order valence-electron chi connectivity index (χ0n) is 21.9. The van der Waals surface area contributed by atoms with Gasteiger partial charge in [-0.3, -0.25) is 9.59 Å². The molecule has 0 bridgehead atoms.